The zero-order valence-corrected chi connectivity index (χ0v) is 15.7. The molecule has 4 rings (SSSR count). The summed E-state index contributed by atoms with van der Waals surface area (Å²) in [6, 6.07) is 17.1. The summed E-state index contributed by atoms with van der Waals surface area (Å²) in [5, 5.41) is 3.83. The number of likely N-dealkylation sites (tertiary alicyclic amines) is 1. The average molecular weight is 379 g/mol. The number of fused-ring (bicyclic) bond motifs is 1. The highest BCUT2D eigenvalue weighted by Gasteiger charge is 2.27. The summed E-state index contributed by atoms with van der Waals surface area (Å²) >= 11 is 1.71. The summed E-state index contributed by atoms with van der Waals surface area (Å²) in [5.74, 6) is 0.0127. The molecule has 6 heteroatoms. The van der Waals surface area contributed by atoms with Crippen LogP contribution < -0.4 is 5.32 Å². The van der Waals surface area contributed by atoms with Gasteiger partial charge in [0, 0.05) is 24.6 Å². The van der Waals surface area contributed by atoms with E-state index >= 15 is 0 Å². The minimum absolute atomic E-state index is 0.0281. The maximum absolute atomic E-state index is 12.6. The van der Waals surface area contributed by atoms with Crippen LogP contribution >= 0.6 is 11.3 Å². The van der Waals surface area contributed by atoms with Crippen LogP contribution in [0.3, 0.4) is 0 Å². The Hall–Kier alpha value is -2.73. The molecule has 27 heavy (non-hydrogen) atoms. The molecule has 5 nitrogen and oxygen atoms in total. The first-order valence-corrected chi connectivity index (χ1v) is 9.99. The number of para-hydroxylation sites is 1. The minimum Gasteiger partial charge on any atom is -0.343 e. The van der Waals surface area contributed by atoms with Crippen molar-refractivity contribution in [2.24, 2.45) is 0 Å². The lowest BCUT2D eigenvalue weighted by molar-refractivity contribution is -0.131. The number of piperidine rings is 1. The summed E-state index contributed by atoms with van der Waals surface area (Å²) in [4.78, 5) is 31.3. The number of rotatable bonds is 4. The zero-order valence-electron chi connectivity index (χ0n) is 14.9. The standard InChI is InChI=1S/C21H21N3O2S/c25-19(13-22-20(26)15-7-2-1-3-8-15)24-12-6-9-16(14-24)21-23-17-10-4-5-11-18(17)27-21/h1-5,7-8,10-11,16H,6,9,12-14H2,(H,22,26)/t16-/m1/s1. The van der Waals surface area contributed by atoms with Gasteiger partial charge in [0.25, 0.3) is 5.91 Å². The topological polar surface area (TPSA) is 62.3 Å². The van der Waals surface area contributed by atoms with E-state index in [0.29, 0.717) is 12.1 Å². The quantitative estimate of drug-likeness (QED) is 0.755. The Kier molecular flexibility index (Phi) is 5.16. The Morgan fingerprint density at radius 2 is 1.89 bits per heavy atom. The van der Waals surface area contributed by atoms with Crippen LogP contribution in [-0.2, 0) is 4.79 Å². The minimum atomic E-state index is -0.219. The summed E-state index contributed by atoms with van der Waals surface area (Å²) in [5.41, 5.74) is 1.59. The second-order valence-corrected chi connectivity index (χ2v) is 7.81. The molecule has 0 bridgehead atoms. The third-order valence-corrected chi connectivity index (χ3v) is 6.07. The first-order valence-electron chi connectivity index (χ1n) is 9.17. The fraction of sp³-hybridized carbons (Fsp3) is 0.286. The summed E-state index contributed by atoms with van der Waals surface area (Å²) in [7, 11) is 0. The molecule has 1 aliphatic heterocycles. The Morgan fingerprint density at radius 3 is 2.70 bits per heavy atom. The van der Waals surface area contributed by atoms with Crippen molar-refractivity contribution < 1.29 is 9.59 Å². The number of aromatic nitrogens is 1. The third kappa shape index (κ3) is 4.01. The molecule has 1 atom stereocenters. The van der Waals surface area contributed by atoms with Crippen LogP contribution in [0, 0.1) is 0 Å². The van der Waals surface area contributed by atoms with Crippen LogP contribution in [0.4, 0.5) is 0 Å². The monoisotopic (exact) mass is 379 g/mol. The number of nitrogens with zero attached hydrogens (tertiary/aromatic N) is 2. The SMILES string of the molecule is O=C(NCC(=O)N1CCC[C@@H](c2nc3ccccc3s2)C1)c1ccccc1. The van der Waals surface area contributed by atoms with Gasteiger partial charge in [-0.25, -0.2) is 4.98 Å². The number of benzene rings is 2. The van der Waals surface area contributed by atoms with Crippen molar-refractivity contribution in [1.29, 1.82) is 0 Å². The molecule has 1 saturated heterocycles. The molecule has 1 aromatic heterocycles. The molecule has 0 saturated carbocycles. The molecular weight excluding hydrogens is 358 g/mol. The molecule has 2 aromatic carbocycles. The normalized spacial score (nSPS) is 17.0. The van der Waals surface area contributed by atoms with E-state index in [-0.39, 0.29) is 24.3 Å². The fourth-order valence-electron chi connectivity index (χ4n) is 3.43. The average Bonchev–Trinajstić information content (AvgIpc) is 3.17. The molecule has 0 radical (unpaired) electrons. The van der Waals surface area contributed by atoms with E-state index in [2.05, 4.69) is 11.4 Å². The van der Waals surface area contributed by atoms with Gasteiger partial charge in [-0.2, -0.15) is 0 Å². The lowest BCUT2D eigenvalue weighted by Gasteiger charge is -2.32. The molecule has 1 fully saturated rings. The Morgan fingerprint density at radius 1 is 1.11 bits per heavy atom. The lowest BCUT2D eigenvalue weighted by atomic mass is 9.98. The predicted octanol–water partition coefficient (Wildman–Crippen LogP) is 3.43. The first kappa shape index (κ1) is 17.7. The molecule has 0 aliphatic carbocycles. The van der Waals surface area contributed by atoms with E-state index < -0.39 is 0 Å². The van der Waals surface area contributed by atoms with Crippen molar-refractivity contribution in [1.82, 2.24) is 15.2 Å². The highest BCUT2D eigenvalue weighted by atomic mass is 32.1. The number of carbonyl (C=O) groups is 2. The van der Waals surface area contributed by atoms with Gasteiger partial charge >= 0.3 is 0 Å². The van der Waals surface area contributed by atoms with Gasteiger partial charge in [0.1, 0.15) is 0 Å². The van der Waals surface area contributed by atoms with Crippen LogP contribution in [0.15, 0.2) is 54.6 Å². The molecule has 0 unspecified atom stereocenters. The van der Waals surface area contributed by atoms with Crippen LogP contribution in [0.5, 0.6) is 0 Å². The lowest BCUT2D eigenvalue weighted by Crippen LogP contribution is -2.44. The van der Waals surface area contributed by atoms with Crippen molar-refractivity contribution in [3.63, 3.8) is 0 Å². The molecular formula is C21H21N3O2S. The van der Waals surface area contributed by atoms with E-state index in [1.165, 1.54) is 4.70 Å². The predicted molar refractivity (Wildman–Crippen MR) is 107 cm³/mol. The van der Waals surface area contributed by atoms with Gasteiger partial charge < -0.3 is 10.2 Å². The van der Waals surface area contributed by atoms with Gasteiger partial charge in [-0.3, -0.25) is 9.59 Å². The molecule has 2 heterocycles. The first-order chi connectivity index (χ1) is 13.2. The summed E-state index contributed by atoms with van der Waals surface area (Å²) < 4.78 is 1.19. The maximum atomic E-state index is 12.6. The van der Waals surface area contributed by atoms with Crippen molar-refractivity contribution in [3.05, 3.63) is 65.2 Å². The highest BCUT2D eigenvalue weighted by molar-refractivity contribution is 7.18. The van der Waals surface area contributed by atoms with E-state index in [4.69, 9.17) is 4.98 Å². The number of nitrogens with one attached hydrogen (secondary N) is 1. The van der Waals surface area contributed by atoms with Crippen molar-refractivity contribution in [3.8, 4) is 0 Å². The molecule has 3 aromatic rings. The van der Waals surface area contributed by atoms with Crippen molar-refractivity contribution in [2.45, 2.75) is 18.8 Å². The number of amides is 2. The zero-order chi connectivity index (χ0) is 18.6. The Bertz CT molecular complexity index is 921. The van der Waals surface area contributed by atoms with Gasteiger partial charge in [-0.15, -0.1) is 11.3 Å². The van der Waals surface area contributed by atoms with Gasteiger partial charge in [-0.05, 0) is 37.1 Å². The van der Waals surface area contributed by atoms with Crippen LogP contribution in [0.25, 0.3) is 10.2 Å². The van der Waals surface area contributed by atoms with Crippen molar-refractivity contribution in [2.75, 3.05) is 19.6 Å². The van der Waals surface area contributed by atoms with Crippen LogP contribution in [-0.4, -0.2) is 41.3 Å². The van der Waals surface area contributed by atoms with Gasteiger partial charge in [0.05, 0.1) is 21.8 Å². The summed E-state index contributed by atoms with van der Waals surface area (Å²) in [6.07, 6.45) is 2.00. The maximum Gasteiger partial charge on any atom is 0.251 e. The van der Waals surface area contributed by atoms with Crippen LogP contribution in [0.2, 0.25) is 0 Å². The number of thiazole rings is 1. The van der Waals surface area contributed by atoms with E-state index in [9.17, 15) is 9.59 Å². The van der Waals surface area contributed by atoms with Gasteiger partial charge in [0.15, 0.2) is 0 Å². The van der Waals surface area contributed by atoms with Gasteiger partial charge in [-0.1, -0.05) is 30.3 Å². The number of hydrogen-bond acceptors (Lipinski definition) is 4. The summed E-state index contributed by atoms with van der Waals surface area (Å²) in [6.45, 7) is 1.43. The van der Waals surface area contributed by atoms with Crippen LogP contribution in [0.1, 0.15) is 34.1 Å². The Labute approximate surface area is 162 Å². The molecule has 138 valence electrons. The molecule has 1 N–H and O–H groups in total. The smallest absolute Gasteiger partial charge is 0.251 e. The number of hydrogen-bond donors (Lipinski definition) is 1. The fourth-order valence-corrected chi connectivity index (χ4v) is 4.52. The molecule has 0 spiro atoms. The second-order valence-electron chi connectivity index (χ2n) is 6.75. The molecule has 2 amide bonds. The van der Waals surface area contributed by atoms with E-state index in [1.54, 1.807) is 23.5 Å². The van der Waals surface area contributed by atoms with E-state index in [0.717, 1.165) is 29.9 Å². The van der Waals surface area contributed by atoms with Crippen molar-refractivity contribution >= 4 is 33.4 Å². The van der Waals surface area contributed by atoms with Gasteiger partial charge in [0.2, 0.25) is 5.91 Å². The number of carbonyl (C=O) groups excluding carboxylic acids is 2. The van der Waals surface area contributed by atoms with E-state index in [1.807, 2.05) is 41.3 Å². The Balaban J connectivity index is 1.37. The molecule has 1 aliphatic rings. The highest BCUT2D eigenvalue weighted by Crippen LogP contribution is 2.32. The second kappa shape index (κ2) is 7.88. The largest absolute Gasteiger partial charge is 0.343 e. The third-order valence-electron chi connectivity index (χ3n) is 4.87.